The monoisotopic (exact) mass is 326 g/mol. The summed E-state index contributed by atoms with van der Waals surface area (Å²) in [7, 11) is 0. The molecular weight excluding hydrogens is 308 g/mol. The molecule has 1 fully saturated rings. The number of rotatable bonds is 4. The quantitative estimate of drug-likeness (QED) is 0.918. The van der Waals surface area contributed by atoms with E-state index in [1.54, 1.807) is 0 Å². The van der Waals surface area contributed by atoms with Crippen LogP contribution in [0.15, 0.2) is 28.7 Å². The third kappa shape index (κ3) is 4.60. The van der Waals surface area contributed by atoms with Gasteiger partial charge >= 0.3 is 0 Å². The Morgan fingerprint density at radius 2 is 2.00 bits per heavy atom. The van der Waals surface area contributed by atoms with Gasteiger partial charge in [0.15, 0.2) is 0 Å². The lowest BCUT2D eigenvalue weighted by Crippen LogP contribution is -2.46. The number of halogens is 1. The van der Waals surface area contributed by atoms with Gasteiger partial charge in [0.05, 0.1) is 13.2 Å². The van der Waals surface area contributed by atoms with E-state index in [0.717, 1.165) is 37.3 Å². The minimum absolute atomic E-state index is 0.0201. The molecule has 1 aromatic carbocycles. The van der Waals surface area contributed by atoms with Gasteiger partial charge in [-0.3, -0.25) is 9.69 Å². The van der Waals surface area contributed by atoms with Crippen LogP contribution in [-0.4, -0.2) is 49.7 Å². The molecule has 0 radical (unpaired) electrons. The van der Waals surface area contributed by atoms with Gasteiger partial charge in [-0.1, -0.05) is 15.9 Å². The summed E-state index contributed by atoms with van der Waals surface area (Å²) in [4.78, 5) is 14.4. The molecule has 1 aliphatic rings. The van der Waals surface area contributed by atoms with Crippen molar-refractivity contribution in [3.05, 3.63) is 34.3 Å². The smallest absolute Gasteiger partial charge is 0.251 e. The lowest BCUT2D eigenvalue weighted by atomic mass is 10.2. The summed E-state index contributed by atoms with van der Waals surface area (Å²) in [5.41, 5.74) is 0.692. The third-order valence-corrected chi connectivity index (χ3v) is 3.65. The number of hydrogen-bond donors (Lipinski definition) is 1. The van der Waals surface area contributed by atoms with E-state index in [0.29, 0.717) is 5.56 Å². The van der Waals surface area contributed by atoms with Crippen LogP contribution in [0.2, 0.25) is 0 Å². The van der Waals surface area contributed by atoms with Crippen molar-refractivity contribution in [2.24, 2.45) is 0 Å². The predicted octanol–water partition coefficient (Wildman–Crippen LogP) is 1.90. The van der Waals surface area contributed by atoms with Gasteiger partial charge in [0.1, 0.15) is 0 Å². The molecule has 19 heavy (non-hydrogen) atoms. The molecule has 1 saturated heterocycles. The topological polar surface area (TPSA) is 41.6 Å². The standard InChI is InChI=1S/C14H19BrN2O2/c1-11(10-17-6-8-19-9-7-17)16-14(18)12-2-4-13(15)5-3-12/h2-5,11H,6-10H2,1H3,(H,16,18). The molecule has 0 aromatic heterocycles. The molecule has 0 saturated carbocycles. The van der Waals surface area contributed by atoms with E-state index in [1.165, 1.54) is 0 Å². The highest BCUT2D eigenvalue weighted by Crippen LogP contribution is 2.10. The summed E-state index contributed by atoms with van der Waals surface area (Å²) in [6.45, 7) is 6.36. The van der Waals surface area contributed by atoms with E-state index >= 15 is 0 Å². The number of carbonyl (C=O) groups excluding carboxylic acids is 1. The number of nitrogens with zero attached hydrogens (tertiary/aromatic N) is 1. The first-order valence-electron chi connectivity index (χ1n) is 6.51. The van der Waals surface area contributed by atoms with Crippen LogP contribution in [0.3, 0.4) is 0 Å². The fourth-order valence-electron chi connectivity index (χ4n) is 2.13. The second-order valence-electron chi connectivity index (χ2n) is 4.79. The summed E-state index contributed by atoms with van der Waals surface area (Å²) in [5, 5.41) is 3.03. The zero-order valence-corrected chi connectivity index (χ0v) is 12.6. The molecule has 0 bridgehead atoms. The maximum atomic E-state index is 12.0. The fourth-order valence-corrected chi connectivity index (χ4v) is 2.39. The molecule has 0 spiro atoms. The average Bonchev–Trinajstić information content (AvgIpc) is 2.40. The van der Waals surface area contributed by atoms with E-state index in [2.05, 4.69) is 26.1 Å². The first-order valence-corrected chi connectivity index (χ1v) is 7.31. The third-order valence-electron chi connectivity index (χ3n) is 3.12. The molecule has 2 rings (SSSR count). The van der Waals surface area contributed by atoms with Crippen LogP contribution in [0.5, 0.6) is 0 Å². The lowest BCUT2D eigenvalue weighted by molar-refractivity contribution is 0.0342. The van der Waals surface area contributed by atoms with E-state index < -0.39 is 0 Å². The SMILES string of the molecule is CC(CN1CCOCC1)NC(=O)c1ccc(Br)cc1. The zero-order chi connectivity index (χ0) is 13.7. The lowest BCUT2D eigenvalue weighted by Gasteiger charge is -2.29. The summed E-state index contributed by atoms with van der Waals surface area (Å²) in [5.74, 6) is -0.0201. The number of carbonyl (C=O) groups is 1. The van der Waals surface area contributed by atoms with Crippen LogP contribution in [0.4, 0.5) is 0 Å². The summed E-state index contributed by atoms with van der Waals surface area (Å²) >= 11 is 3.36. The highest BCUT2D eigenvalue weighted by Gasteiger charge is 2.15. The molecule has 104 valence electrons. The second-order valence-corrected chi connectivity index (χ2v) is 5.71. The average molecular weight is 327 g/mol. The Morgan fingerprint density at radius 1 is 1.37 bits per heavy atom. The van der Waals surface area contributed by atoms with Crippen molar-refractivity contribution >= 4 is 21.8 Å². The first-order chi connectivity index (χ1) is 9.15. The van der Waals surface area contributed by atoms with Gasteiger partial charge in [0.2, 0.25) is 0 Å². The van der Waals surface area contributed by atoms with Gasteiger partial charge in [-0.25, -0.2) is 0 Å². The molecule has 1 amide bonds. The van der Waals surface area contributed by atoms with E-state index in [4.69, 9.17) is 4.74 Å². The van der Waals surface area contributed by atoms with E-state index in [9.17, 15) is 4.79 Å². The highest BCUT2D eigenvalue weighted by molar-refractivity contribution is 9.10. The van der Waals surface area contributed by atoms with Crippen molar-refractivity contribution in [3.63, 3.8) is 0 Å². The van der Waals surface area contributed by atoms with Crippen LogP contribution >= 0.6 is 15.9 Å². The van der Waals surface area contributed by atoms with E-state index in [1.807, 2.05) is 31.2 Å². The zero-order valence-electron chi connectivity index (χ0n) is 11.1. The second kappa shape index (κ2) is 7.03. The van der Waals surface area contributed by atoms with E-state index in [-0.39, 0.29) is 11.9 Å². The Hall–Kier alpha value is -0.910. The van der Waals surface area contributed by atoms with Crippen molar-refractivity contribution in [1.29, 1.82) is 0 Å². The molecule has 1 atom stereocenters. The Labute approximate surface area is 122 Å². The predicted molar refractivity (Wildman–Crippen MR) is 78.3 cm³/mol. The maximum absolute atomic E-state index is 12.0. The molecule has 4 nitrogen and oxygen atoms in total. The molecular formula is C14H19BrN2O2. The molecule has 1 N–H and O–H groups in total. The van der Waals surface area contributed by atoms with Crippen LogP contribution in [-0.2, 0) is 4.74 Å². The van der Waals surface area contributed by atoms with Crippen molar-refractivity contribution in [2.75, 3.05) is 32.8 Å². The van der Waals surface area contributed by atoms with Gasteiger partial charge < -0.3 is 10.1 Å². The van der Waals surface area contributed by atoms with Crippen LogP contribution in [0.25, 0.3) is 0 Å². The molecule has 1 heterocycles. The number of ether oxygens (including phenoxy) is 1. The molecule has 1 unspecified atom stereocenters. The van der Waals surface area contributed by atoms with Crippen molar-refractivity contribution in [3.8, 4) is 0 Å². The Kier molecular flexibility index (Phi) is 5.36. The molecule has 1 aromatic rings. The normalized spacial score (nSPS) is 18.0. The van der Waals surface area contributed by atoms with Crippen LogP contribution in [0, 0.1) is 0 Å². The summed E-state index contributed by atoms with van der Waals surface area (Å²) in [6.07, 6.45) is 0. The van der Waals surface area contributed by atoms with Crippen molar-refractivity contribution < 1.29 is 9.53 Å². The first kappa shape index (κ1) is 14.5. The van der Waals surface area contributed by atoms with Gasteiger partial charge in [-0.15, -0.1) is 0 Å². The Balaban J connectivity index is 1.82. The summed E-state index contributed by atoms with van der Waals surface area (Å²) < 4.78 is 6.29. The van der Waals surface area contributed by atoms with Gasteiger partial charge in [0.25, 0.3) is 5.91 Å². The number of morpholine rings is 1. The van der Waals surface area contributed by atoms with Gasteiger partial charge in [0, 0.05) is 35.7 Å². The molecule has 0 aliphatic carbocycles. The van der Waals surface area contributed by atoms with Crippen LogP contribution < -0.4 is 5.32 Å². The fraction of sp³-hybridized carbons (Fsp3) is 0.500. The van der Waals surface area contributed by atoms with Gasteiger partial charge in [-0.2, -0.15) is 0 Å². The van der Waals surface area contributed by atoms with Crippen LogP contribution in [0.1, 0.15) is 17.3 Å². The minimum atomic E-state index is -0.0201. The van der Waals surface area contributed by atoms with Crippen molar-refractivity contribution in [2.45, 2.75) is 13.0 Å². The Bertz CT molecular complexity index is 416. The minimum Gasteiger partial charge on any atom is -0.379 e. The van der Waals surface area contributed by atoms with Crippen molar-refractivity contribution in [1.82, 2.24) is 10.2 Å². The molecule has 5 heteroatoms. The highest BCUT2D eigenvalue weighted by atomic mass is 79.9. The maximum Gasteiger partial charge on any atom is 0.251 e. The number of nitrogens with one attached hydrogen (secondary N) is 1. The molecule has 1 aliphatic heterocycles. The Morgan fingerprint density at radius 3 is 2.63 bits per heavy atom. The number of benzene rings is 1. The largest absolute Gasteiger partial charge is 0.379 e. The summed E-state index contributed by atoms with van der Waals surface area (Å²) in [6, 6.07) is 7.53. The van der Waals surface area contributed by atoms with Gasteiger partial charge in [-0.05, 0) is 31.2 Å². The number of hydrogen-bond acceptors (Lipinski definition) is 3. The number of amides is 1.